The zero-order valence-corrected chi connectivity index (χ0v) is 43.9. The maximum atomic E-state index is 15.4. The van der Waals surface area contributed by atoms with Gasteiger partial charge in [-0.3, -0.25) is 19.0 Å². The fourth-order valence-corrected chi connectivity index (χ4v) is 10.6. The molecule has 0 radical (unpaired) electrons. The number of ether oxygens (including phenoxy) is 6. The predicted molar refractivity (Wildman–Crippen MR) is 293 cm³/mol. The molecule has 2 aliphatic rings. The first kappa shape index (κ1) is 53.3. The molecule has 2 amide bonds. The molecule has 3 heterocycles. The summed E-state index contributed by atoms with van der Waals surface area (Å²) in [6.07, 6.45) is -2.75. The highest BCUT2D eigenvalue weighted by atomic mass is 16.6. The minimum atomic E-state index is -1.38. The quantitative estimate of drug-likeness (QED) is 0.0351. The Morgan fingerprint density at radius 3 is 1.89 bits per heavy atom. The molecule has 6 aromatic carbocycles. The van der Waals surface area contributed by atoms with Gasteiger partial charge in [0.1, 0.15) is 42.2 Å². The van der Waals surface area contributed by atoms with E-state index in [0.717, 1.165) is 33.4 Å². The molecule has 0 bridgehead atoms. The number of fused-ring (bicyclic) bond motifs is 4. The number of nitrogens with zero attached hydrogens (tertiary/aromatic N) is 5. The van der Waals surface area contributed by atoms with Crippen LogP contribution in [0.15, 0.2) is 170 Å². The van der Waals surface area contributed by atoms with Crippen LogP contribution in [0.2, 0.25) is 0 Å². The molecule has 1 aliphatic heterocycles. The molecule has 5 atom stereocenters. The summed E-state index contributed by atoms with van der Waals surface area (Å²) < 4.78 is 39.5. The average molecular weight is 1070 g/mol. The molecule has 18 nitrogen and oxygen atoms in total. The lowest BCUT2D eigenvalue weighted by atomic mass is 9.80. The highest BCUT2D eigenvalue weighted by molar-refractivity contribution is 5.87. The standard InChI is InChI=1S/C61H59N7O11/c1-67(2)56-54-57(63-36-62-56)68(37-64-54)59-55(79-52(71)32-31-51(69)70)53(50(78-59)35-77-61(39-17-9-6-10-18-39,40-23-27-42(74-3)28-24-40)41-25-29-43(75-4)30-26-41)66-58(72)49(33-38-15-7-5-8-16-38)65-60(73)76-34-48-46-21-13-11-19-44(46)45-20-12-14-22-47(45)48/h5-30,36-37,48-50,53,55,59H,31-35H2,1-4H3,(H,65,73)(H,66,72)(H,69,70)/t49-,50+,53+,55+,59+/m0/s1/i65+1. The zero-order valence-electron chi connectivity index (χ0n) is 43.9. The first-order chi connectivity index (χ1) is 38.4. The number of aliphatic carboxylic acids is 1. The van der Waals surface area contributed by atoms with Crippen molar-refractivity contribution in [3.63, 3.8) is 0 Å². The number of aromatic nitrogens is 4. The summed E-state index contributed by atoms with van der Waals surface area (Å²) in [4.78, 5) is 70.8. The van der Waals surface area contributed by atoms with Gasteiger partial charge in [-0.25, -0.2) is 19.7 Å². The van der Waals surface area contributed by atoms with Crippen LogP contribution in [0.1, 0.15) is 58.4 Å². The lowest BCUT2D eigenvalue weighted by molar-refractivity contribution is -0.158. The Bertz CT molecular complexity index is 3340. The summed E-state index contributed by atoms with van der Waals surface area (Å²) in [5.41, 5.74) is 6.40. The second kappa shape index (κ2) is 23.6. The van der Waals surface area contributed by atoms with Crippen molar-refractivity contribution in [3.8, 4) is 22.6 Å². The van der Waals surface area contributed by atoms with Crippen molar-refractivity contribution >= 4 is 40.9 Å². The van der Waals surface area contributed by atoms with Crippen LogP contribution in [-0.2, 0) is 45.4 Å². The molecule has 0 unspecified atom stereocenters. The van der Waals surface area contributed by atoms with E-state index in [2.05, 4.69) is 25.6 Å². The Labute approximate surface area is 456 Å². The van der Waals surface area contributed by atoms with Crippen molar-refractivity contribution in [3.05, 3.63) is 204 Å². The van der Waals surface area contributed by atoms with Crippen LogP contribution in [0.25, 0.3) is 22.3 Å². The predicted octanol–water partition coefficient (Wildman–Crippen LogP) is 8.23. The van der Waals surface area contributed by atoms with Gasteiger partial charge in [-0.05, 0) is 68.8 Å². The van der Waals surface area contributed by atoms with E-state index < -0.39 is 72.9 Å². The molecule has 1 saturated heterocycles. The van der Waals surface area contributed by atoms with Gasteiger partial charge in [0, 0.05) is 26.4 Å². The van der Waals surface area contributed by atoms with Crippen LogP contribution in [0.4, 0.5) is 10.6 Å². The van der Waals surface area contributed by atoms with Gasteiger partial charge in [0.15, 0.2) is 29.3 Å². The average Bonchev–Trinajstić information content (AvgIpc) is 4.41. The number of amides is 2. The molecule has 3 N–H and O–H groups in total. The number of carboxylic acids is 1. The summed E-state index contributed by atoms with van der Waals surface area (Å²) in [5.74, 6) is -1.28. The van der Waals surface area contributed by atoms with Crippen LogP contribution in [-0.4, -0.2) is 114 Å². The molecule has 1 aliphatic carbocycles. The third-order valence-corrected chi connectivity index (χ3v) is 14.4. The summed E-state index contributed by atoms with van der Waals surface area (Å²) in [6, 6.07) is 47.3. The Kier molecular flexibility index (Phi) is 15.9. The van der Waals surface area contributed by atoms with Crippen LogP contribution >= 0.6 is 0 Å². The molecule has 10 rings (SSSR count). The van der Waals surface area contributed by atoms with Gasteiger partial charge in [0.25, 0.3) is 0 Å². The lowest BCUT2D eigenvalue weighted by Gasteiger charge is -2.37. The third-order valence-electron chi connectivity index (χ3n) is 14.4. The van der Waals surface area contributed by atoms with E-state index >= 15 is 4.79 Å². The van der Waals surface area contributed by atoms with E-state index in [1.807, 2.05) is 172 Å². The molecular formula is C61H59N7O11. The van der Waals surface area contributed by atoms with Crippen molar-refractivity contribution in [2.24, 2.45) is 0 Å². The van der Waals surface area contributed by atoms with E-state index in [9.17, 15) is 19.5 Å². The van der Waals surface area contributed by atoms with E-state index in [1.165, 1.54) is 12.7 Å². The smallest absolute Gasteiger partial charge is 0.407 e. The van der Waals surface area contributed by atoms with Crippen molar-refractivity contribution in [2.45, 2.75) is 61.3 Å². The highest BCUT2D eigenvalue weighted by Crippen LogP contribution is 2.46. The molecule has 1 fully saturated rings. The van der Waals surface area contributed by atoms with Crippen molar-refractivity contribution in [1.82, 2.24) is 30.2 Å². The number of rotatable bonds is 21. The van der Waals surface area contributed by atoms with Crippen LogP contribution < -0.4 is 25.0 Å². The number of esters is 1. The molecule has 0 saturated carbocycles. The van der Waals surface area contributed by atoms with Crippen molar-refractivity contribution in [2.75, 3.05) is 46.4 Å². The van der Waals surface area contributed by atoms with Crippen LogP contribution in [0.3, 0.4) is 0 Å². The maximum absolute atomic E-state index is 15.4. The molecular weight excluding hydrogens is 1010 g/mol. The number of imidazole rings is 1. The van der Waals surface area contributed by atoms with Gasteiger partial charge in [-0.1, -0.05) is 133 Å². The number of hydrogen-bond acceptors (Lipinski definition) is 14. The summed E-state index contributed by atoms with van der Waals surface area (Å²) >= 11 is 0. The fourth-order valence-electron chi connectivity index (χ4n) is 10.6. The third kappa shape index (κ3) is 11.2. The molecule has 18 heteroatoms. The topological polar surface area (TPSA) is 215 Å². The Morgan fingerprint density at radius 2 is 1.29 bits per heavy atom. The normalized spacial score (nSPS) is 17.0. The number of anilines is 1. The number of nitrogens with one attached hydrogen (secondary N) is 2. The lowest BCUT2D eigenvalue weighted by Crippen LogP contribution is -2.56. The van der Waals surface area contributed by atoms with E-state index in [-0.39, 0.29) is 25.6 Å². The van der Waals surface area contributed by atoms with E-state index in [4.69, 9.17) is 28.4 Å². The summed E-state index contributed by atoms with van der Waals surface area (Å²) in [7, 11) is 6.79. The van der Waals surface area contributed by atoms with Crippen LogP contribution in [0, 0.1) is 0 Å². The number of carbonyl (C=O) groups excluding carboxylic acids is 3. The number of hydrogen-bond donors (Lipinski definition) is 3. The van der Waals surface area contributed by atoms with E-state index in [0.29, 0.717) is 39.6 Å². The second-order valence-corrected chi connectivity index (χ2v) is 19.4. The number of alkyl carbamates (subject to hydrolysis) is 1. The number of methoxy groups -OCH3 is 2. The minimum absolute atomic E-state index is 0.00499. The molecule has 2 aromatic heterocycles. The van der Waals surface area contributed by atoms with E-state index in [1.54, 1.807) is 23.7 Å². The Morgan fingerprint density at radius 1 is 0.709 bits per heavy atom. The maximum Gasteiger partial charge on any atom is 0.407 e. The fraction of sp³-hybridized carbons (Fsp3) is 0.262. The van der Waals surface area contributed by atoms with Crippen molar-refractivity contribution < 1.29 is 52.7 Å². The first-order valence-electron chi connectivity index (χ1n) is 25.8. The largest absolute Gasteiger partial charge is 0.497 e. The van der Waals surface area contributed by atoms with Gasteiger partial charge in [0.05, 0.1) is 46.0 Å². The molecule has 404 valence electrons. The number of carboxylic acid groups (broad SMARTS) is 1. The van der Waals surface area contributed by atoms with Gasteiger partial charge >= 0.3 is 18.0 Å². The SMILES string of the molecule is COc1ccc(C(OC[C@H]2O[C@@H](n3cnc4c(N(C)C)ncnc43)[C@H](OC(=O)CCC(=O)O)[C@@H]2NC(=O)[C@H](Cc2ccccc2)[15NH]C(=O)OCC2c3ccccc3-c3ccccc32)(c2ccccc2)c2ccc(OC)cc2)cc1. The molecule has 8 aromatic rings. The monoisotopic (exact) mass is 1070 g/mol. The minimum Gasteiger partial charge on any atom is -0.497 e. The highest BCUT2D eigenvalue weighted by Gasteiger charge is 2.51. The molecule has 0 spiro atoms. The molecule has 79 heavy (non-hydrogen) atoms. The Balaban J connectivity index is 1.05. The number of carbonyl (C=O) groups is 4. The summed E-state index contributed by atoms with van der Waals surface area (Å²) in [6.45, 7) is -0.278. The van der Waals surface area contributed by atoms with Gasteiger partial charge in [-0.2, -0.15) is 0 Å². The van der Waals surface area contributed by atoms with Crippen LogP contribution in [0.5, 0.6) is 11.5 Å². The first-order valence-corrected chi connectivity index (χ1v) is 25.8. The van der Waals surface area contributed by atoms with Gasteiger partial charge < -0.3 is 49.1 Å². The Hall–Kier alpha value is -9.13. The summed E-state index contributed by atoms with van der Waals surface area (Å²) in [5, 5.41) is 15.7. The zero-order chi connectivity index (χ0) is 55.0. The second-order valence-electron chi connectivity index (χ2n) is 19.4. The van der Waals surface area contributed by atoms with Gasteiger partial charge in [-0.15, -0.1) is 0 Å². The number of benzene rings is 6. The van der Waals surface area contributed by atoms with Gasteiger partial charge in [0.2, 0.25) is 5.91 Å². The van der Waals surface area contributed by atoms with Crippen molar-refractivity contribution in [1.29, 1.82) is 0 Å².